The van der Waals surface area contributed by atoms with E-state index >= 15 is 0 Å². The van der Waals surface area contributed by atoms with Gasteiger partial charge in [0.2, 0.25) is 17.7 Å². The minimum absolute atomic E-state index is 0.0374. The quantitative estimate of drug-likeness (QED) is 0.216. The first-order chi connectivity index (χ1) is 15.9. The van der Waals surface area contributed by atoms with E-state index in [0.29, 0.717) is 0 Å². The normalized spacial score (nSPS) is 14.4. The lowest BCUT2D eigenvalue weighted by molar-refractivity contribution is -0.143. The number of benzene rings is 1. The fourth-order valence-electron chi connectivity index (χ4n) is 3.13. The molecule has 0 spiro atoms. The lowest BCUT2D eigenvalue weighted by Gasteiger charge is -2.26. The molecule has 0 aromatic heterocycles. The second kappa shape index (κ2) is 13.9. The molecule has 0 radical (unpaired) electrons. The molecule has 0 heterocycles. The average Bonchev–Trinajstić information content (AvgIpc) is 2.75. The molecule has 4 atom stereocenters. The van der Waals surface area contributed by atoms with E-state index in [2.05, 4.69) is 16.0 Å². The highest BCUT2D eigenvalue weighted by molar-refractivity contribution is 5.94. The van der Waals surface area contributed by atoms with Gasteiger partial charge >= 0.3 is 11.9 Å². The van der Waals surface area contributed by atoms with E-state index in [-0.39, 0.29) is 25.2 Å². The number of aliphatic carboxylic acids is 2. The number of carboxylic acids is 2. The van der Waals surface area contributed by atoms with E-state index in [0.717, 1.165) is 5.56 Å². The number of carbonyl (C=O) groups excluding carboxylic acids is 3. The highest BCUT2D eigenvalue weighted by Crippen LogP contribution is 2.09. The lowest BCUT2D eigenvalue weighted by Crippen LogP contribution is -2.57. The van der Waals surface area contributed by atoms with Crippen LogP contribution in [-0.4, -0.2) is 64.0 Å². The van der Waals surface area contributed by atoms with Crippen molar-refractivity contribution in [2.24, 2.45) is 11.7 Å². The van der Waals surface area contributed by atoms with Gasteiger partial charge in [0.1, 0.15) is 18.1 Å². The Hall–Kier alpha value is -3.47. The smallest absolute Gasteiger partial charge is 0.326 e. The number of rotatable bonds is 14. The third-order valence-corrected chi connectivity index (χ3v) is 4.93. The minimum Gasteiger partial charge on any atom is -0.481 e. The first-order valence-electron chi connectivity index (χ1n) is 11.1. The summed E-state index contributed by atoms with van der Waals surface area (Å²) in [6, 6.07) is 4.57. The van der Waals surface area contributed by atoms with Gasteiger partial charge < -0.3 is 31.9 Å². The molecule has 0 fully saturated rings. The molecular weight excluding hydrogens is 444 g/mol. The van der Waals surface area contributed by atoms with Gasteiger partial charge in [0.05, 0.1) is 6.04 Å². The number of amides is 3. The van der Waals surface area contributed by atoms with Gasteiger partial charge in [0, 0.05) is 12.8 Å². The first-order valence-corrected chi connectivity index (χ1v) is 11.1. The first kappa shape index (κ1) is 28.6. The van der Waals surface area contributed by atoms with Crippen molar-refractivity contribution in [3.8, 4) is 0 Å². The summed E-state index contributed by atoms with van der Waals surface area (Å²) in [5, 5.41) is 25.6. The number of hydrogen-bond donors (Lipinski definition) is 6. The third kappa shape index (κ3) is 10.4. The molecule has 0 aliphatic heterocycles. The predicted molar refractivity (Wildman–Crippen MR) is 124 cm³/mol. The summed E-state index contributed by atoms with van der Waals surface area (Å²) in [5.41, 5.74) is 6.40. The summed E-state index contributed by atoms with van der Waals surface area (Å²) in [7, 11) is 0. The van der Waals surface area contributed by atoms with Crippen LogP contribution < -0.4 is 21.7 Å². The molecule has 34 heavy (non-hydrogen) atoms. The van der Waals surface area contributed by atoms with Gasteiger partial charge in [-0.25, -0.2) is 4.79 Å². The largest absolute Gasteiger partial charge is 0.481 e. The second-order valence-electron chi connectivity index (χ2n) is 8.56. The van der Waals surface area contributed by atoms with Gasteiger partial charge in [-0.05, 0) is 31.2 Å². The van der Waals surface area contributed by atoms with Crippen molar-refractivity contribution < 1.29 is 34.2 Å². The zero-order valence-corrected chi connectivity index (χ0v) is 19.6. The zero-order chi connectivity index (χ0) is 25.8. The van der Waals surface area contributed by atoms with Crippen molar-refractivity contribution in [1.29, 1.82) is 0 Å². The van der Waals surface area contributed by atoms with Crippen LogP contribution in [0.5, 0.6) is 0 Å². The molecular formula is C23H34N4O7. The third-order valence-electron chi connectivity index (χ3n) is 4.93. The molecule has 1 aromatic carbocycles. The van der Waals surface area contributed by atoms with Crippen molar-refractivity contribution in [2.45, 2.75) is 70.6 Å². The number of hydrogen-bond acceptors (Lipinski definition) is 6. The van der Waals surface area contributed by atoms with E-state index in [1.165, 1.54) is 6.92 Å². The average molecular weight is 479 g/mol. The van der Waals surface area contributed by atoms with E-state index in [9.17, 15) is 29.1 Å². The molecule has 3 amide bonds. The molecule has 188 valence electrons. The maximum atomic E-state index is 13.1. The Morgan fingerprint density at radius 2 is 1.35 bits per heavy atom. The summed E-state index contributed by atoms with van der Waals surface area (Å²) in [6.45, 7) is 5.13. The summed E-state index contributed by atoms with van der Waals surface area (Å²) < 4.78 is 0. The number of nitrogens with two attached hydrogens (primary N) is 1. The Kier molecular flexibility index (Phi) is 11.7. The van der Waals surface area contributed by atoms with Crippen LogP contribution in [0.2, 0.25) is 0 Å². The highest BCUT2D eigenvalue weighted by Gasteiger charge is 2.30. The van der Waals surface area contributed by atoms with Crippen LogP contribution in [0.15, 0.2) is 30.3 Å². The van der Waals surface area contributed by atoms with Crippen LogP contribution in [0.1, 0.15) is 45.6 Å². The Labute approximate surface area is 198 Å². The van der Waals surface area contributed by atoms with Gasteiger partial charge in [0.25, 0.3) is 0 Å². The van der Waals surface area contributed by atoms with Crippen LogP contribution in [-0.2, 0) is 30.4 Å². The van der Waals surface area contributed by atoms with E-state index in [4.69, 9.17) is 10.8 Å². The van der Waals surface area contributed by atoms with Crippen LogP contribution in [0.3, 0.4) is 0 Å². The zero-order valence-electron chi connectivity index (χ0n) is 19.6. The molecule has 11 nitrogen and oxygen atoms in total. The summed E-state index contributed by atoms with van der Waals surface area (Å²) in [5.74, 6) is -4.53. The highest BCUT2D eigenvalue weighted by atomic mass is 16.4. The standard InChI is InChI=1S/C23H34N4O7/c1-13(2)11-17(21(31)25-16(23(33)34)9-10-19(28)29)27-22(32)18(26-20(30)14(3)24)12-15-7-5-4-6-8-15/h4-8,13-14,16-18H,9-12,24H2,1-3H3,(H,25,31)(H,26,30)(H,27,32)(H,28,29)(H,33,34). The predicted octanol–water partition coefficient (Wildman–Crippen LogP) is 0.0262. The maximum absolute atomic E-state index is 13.1. The lowest BCUT2D eigenvalue weighted by atomic mass is 10.0. The number of nitrogens with one attached hydrogen (secondary N) is 3. The Balaban J connectivity index is 3.04. The molecule has 0 aliphatic rings. The second-order valence-corrected chi connectivity index (χ2v) is 8.56. The number of carboxylic acid groups (broad SMARTS) is 2. The molecule has 1 rings (SSSR count). The molecule has 0 saturated heterocycles. The van der Waals surface area contributed by atoms with Gasteiger partial charge in [-0.2, -0.15) is 0 Å². The van der Waals surface area contributed by atoms with Crippen molar-refractivity contribution >= 4 is 29.7 Å². The molecule has 0 saturated carbocycles. The summed E-state index contributed by atoms with van der Waals surface area (Å²) in [6.07, 6.45) is -0.402. The van der Waals surface area contributed by atoms with Gasteiger partial charge in [0.15, 0.2) is 0 Å². The van der Waals surface area contributed by atoms with Crippen LogP contribution >= 0.6 is 0 Å². The number of carbonyl (C=O) groups is 5. The molecule has 4 unspecified atom stereocenters. The van der Waals surface area contributed by atoms with Gasteiger partial charge in [-0.1, -0.05) is 44.2 Å². The molecule has 1 aromatic rings. The van der Waals surface area contributed by atoms with Gasteiger partial charge in [-0.3, -0.25) is 19.2 Å². The molecule has 0 aliphatic carbocycles. The summed E-state index contributed by atoms with van der Waals surface area (Å²) in [4.78, 5) is 60.4. The van der Waals surface area contributed by atoms with Crippen molar-refractivity contribution in [1.82, 2.24) is 16.0 Å². The van der Waals surface area contributed by atoms with Crippen LogP contribution in [0.4, 0.5) is 0 Å². The molecule has 11 heteroatoms. The summed E-state index contributed by atoms with van der Waals surface area (Å²) >= 11 is 0. The Morgan fingerprint density at radius 3 is 1.85 bits per heavy atom. The van der Waals surface area contributed by atoms with Crippen LogP contribution in [0.25, 0.3) is 0 Å². The Morgan fingerprint density at radius 1 is 0.824 bits per heavy atom. The van der Waals surface area contributed by atoms with Gasteiger partial charge in [-0.15, -0.1) is 0 Å². The van der Waals surface area contributed by atoms with Crippen molar-refractivity contribution in [3.05, 3.63) is 35.9 Å². The fraction of sp³-hybridized carbons (Fsp3) is 0.522. The van der Waals surface area contributed by atoms with Crippen molar-refractivity contribution in [2.75, 3.05) is 0 Å². The minimum atomic E-state index is -1.42. The van der Waals surface area contributed by atoms with Crippen molar-refractivity contribution in [3.63, 3.8) is 0 Å². The van der Waals surface area contributed by atoms with Crippen LogP contribution in [0, 0.1) is 5.92 Å². The molecule has 7 N–H and O–H groups in total. The van der Waals surface area contributed by atoms with E-state index in [1.54, 1.807) is 24.3 Å². The maximum Gasteiger partial charge on any atom is 0.326 e. The van der Waals surface area contributed by atoms with E-state index < -0.39 is 60.2 Å². The topological polar surface area (TPSA) is 188 Å². The monoisotopic (exact) mass is 478 g/mol. The fourth-order valence-corrected chi connectivity index (χ4v) is 3.13. The molecule has 0 bridgehead atoms. The Bertz CT molecular complexity index is 858. The van der Waals surface area contributed by atoms with E-state index in [1.807, 2.05) is 19.9 Å². The SMILES string of the molecule is CC(C)CC(NC(=O)C(Cc1ccccc1)NC(=O)C(C)N)C(=O)NC(CCC(=O)O)C(=O)O.